The Morgan fingerprint density at radius 1 is 0.963 bits per heavy atom. The van der Waals surface area contributed by atoms with Crippen LogP contribution in [0.4, 0.5) is 26.3 Å². The van der Waals surface area contributed by atoms with Crippen LogP contribution in [0.25, 0.3) is 0 Å². The lowest BCUT2D eigenvalue weighted by molar-refractivity contribution is -0.274. The number of rotatable bonds is 5. The maximum Gasteiger partial charge on any atom is 0.573 e. The smallest absolute Gasteiger partial charge is 0.406 e. The summed E-state index contributed by atoms with van der Waals surface area (Å²) in [6.07, 6.45) is -9.36. The third kappa shape index (κ3) is 6.06. The van der Waals surface area contributed by atoms with E-state index < -0.39 is 23.9 Å². The predicted octanol–water partition coefficient (Wildman–Crippen LogP) is 6.45. The second-order valence-corrected chi connectivity index (χ2v) is 5.63. The van der Waals surface area contributed by atoms with Gasteiger partial charge >= 0.3 is 12.5 Å². The van der Waals surface area contributed by atoms with Crippen molar-refractivity contribution >= 4 is 17.3 Å². The van der Waals surface area contributed by atoms with Crippen LogP contribution in [0.3, 0.4) is 0 Å². The van der Waals surface area contributed by atoms with E-state index in [9.17, 15) is 26.3 Å². The Balaban J connectivity index is 2.26. The fourth-order valence-electron chi connectivity index (χ4n) is 2.12. The topological polar surface area (TPSA) is 30.8 Å². The first kappa shape index (κ1) is 20.9. The minimum atomic E-state index is -4.84. The van der Waals surface area contributed by atoms with E-state index in [1.807, 2.05) is 0 Å². The van der Waals surface area contributed by atoms with Crippen molar-refractivity contribution < 1.29 is 35.9 Å². The van der Waals surface area contributed by atoms with Gasteiger partial charge in [0, 0.05) is 10.6 Å². The summed E-state index contributed by atoms with van der Waals surface area (Å²) in [5, 5.41) is 3.79. The molecular weight excluding hydrogens is 400 g/mol. The van der Waals surface area contributed by atoms with Crippen LogP contribution < -0.4 is 9.57 Å². The van der Waals surface area contributed by atoms with E-state index in [0.717, 1.165) is 42.5 Å². The van der Waals surface area contributed by atoms with Gasteiger partial charge in [-0.2, -0.15) is 13.2 Å². The van der Waals surface area contributed by atoms with E-state index >= 15 is 0 Å². The van der Waals surface area contributed by atoms with Gasteiger partial charge in [-0.3, -0.25) is 0 Å². The number of benzene rings is 2. The van der Waals surface area contributed by atoms with Gasteiger partial charge in [-0.05, 0) is 48.9 Å². The van der Waals surface area contributed by atoms with E-state index in [0.29, 0.717) is 0 Å². The number of halogens is 7. The summed E-state index contributed by atoms with van der Waals surface area (Å²) < 4.78 is 79.6. The Bertz CT molecular complexity index is 816. The van der Waals surface area contributed by atoms with Crippen LogP contribution in [0.2, 0.25) is 5.02 Å². The van der Waals surface area contributed by atoms with Crippen molar-refractivity contribution in [2.24, 2.45) is 5.16 Å². The van der Waals surface area contributed by atoms with Gasteiger partial charge in [0.1, 0.15) is 5.75 Å². The van der Waals surface area contributed by atoms with Gasteiger partial charge in [0.05, 0.1) is 11.3 Å². The third-order valence-corrected chi connectivity index (χ3v) is 3.49. The van der Waals surface area contributed by atoms with Gasteiger partial charge in [-0.25, -0.2) is 0 Å². The zero-order chi connectivity index (χ0) is 20.2. The van der Waals surface area contributed by atoms with Crippen molar-refractivity contribution in [2.45, 2.75) is 25.9 Å². The molecule has 0 unspecified atom stereocenters. The van der Waals surface area contributed by atoms with E-state index in [1.165, 1.54) is 0 Å². The van der Waals surface area contributed by atoms with Crippen LogP contribution in [0.15, 0.2) is 47.6 Å². The molecule has 0 radical (unpaired) electrons. The number of nitrogens with zero attached hydrogens (tertiary/aromatic N) is 1. The fourth-order valence-corrected chi connectivity index (χ4v) is 2.29. The lowest BCUT2D eigenvalue weighted by Crippen LogP contribution is -2.16. The first-order valence-corrected chi connectivity index (χ1v) is 7.84. The molecule has 0 aliphatic rings. The third-order valence-electron chi connectivity index (χ3n) is 3.25. The summed E-state index contributed by atoms with van der Waals surface area (Å²) in [6, 6.07) is 7.33. The molecule has 0 N–H and O–H groups in total. The molecule has 10 heteroatoms. The first-order valence-electron chi connectivity index (χ1n) is 7.46. The molecule has 146 valence electrons. The molecule has 0 saturated carbocycles. The van der Waals surface area contributed by atoms with E-state index in [-0.39, 0.29) is 28.5 Å². The van der Waals surface area contributed by atoms with Crippen LogP contribution in [-0.4, -0.2) is 12.1 Å². The van der Waals surface area contributed by atoms with Crippen LogP contribution in [0.1, 0.15) is 24.5 Å². The Kier molecular flexibility index (Phi) is 6.25. The zero-order valence-corrected chi connectivity index (χ0v) is 14.4. The second-order valence-electron chi connectivity index (χ2n) is 5.19. The van der Waals surface area contributed by atoms with Crippen LogP contribution >= 0.6 is 11.6 Å². The Morgan fingerprint density at radius 3 is 2.07 bits per heavy atom. The monoisotopic (exact) mass is 411 g/mol. The summed E-state index contributed by atoms with van der Waals surface area (Å²) in [6.45, 7) is 1.57. The quantitative estimate of drug-likeness (QED) is 0.321. The van der Waals surface area contributed by atoms with Crippen LogP contribution in [0.5, 0.6) is 11.5 Å². The molecule has 0 heterocycles. The molecule has 3 nitrogen and oxygen atoms in total. The summed E-state index contributed by atoms with van der Waals surface area (Å²) in [5.41, 5.74) is -1.19. The molecule has 2 aromatic carbocycles. The number of hydrogen-bond donors (Lipinski definition) is 0. The number of ether oxygens (including phenoxy) is 1. The van der Waals surface area contributed by atoms with E-state index in [2.05, 4.69) is 9.89 Å². The van der Waals surface area contributed by atoms with Gasteiger partial charge in [-0.1, -0.05) is 23.7 Å². The lowest BCUT2D eigenvalue weighted by Gasteiger charge is -2.14. The maximum absolute atomic E-state index is 13.2. The van der Waals surface area contributed by atoms with Gasteiger partial charge in [0.2, 0.25) is 0 Å². The fraction of sp³-hybridized carbons (Fsp3) is 0.235. The van der Waals surface area contributed by atoms with Crippen molar-refractivity contribution in [1.29, 1.82) is 0 Å². The molecule has 0 amide bonds. The number of oxime groups is 1. The first-order chi connectivity index (χ1) is 12.5. The SMILES string of the molecule is CCC(=NOc1ccc(OC(F)(F)F)cc1)c1cc(Cl)ccc1C(F)(F)F. The highest BCUT2D eigenvalue weighted by molar-refractivity contribution is 6.31. The average molecular weight is 412 g/mol. The molecule has 2 aromatic rings. The number of alkyl halides is 6. The molecule has 0 aromatic heterocycles. The van der Waals surface area contributed by atoms with Gasteiger partial charge < -0.3 is 9.57 Å². The average Bonchev–Trinajstić information content (AvgIpc) is 2.54. The standard InChI is InChI=1S/C17H12ClF6NO2/c1-2-15(13-9-10(18)3-8-14(13)16(19,20)21)25-27-12-6-4-11(5-7-12)26-17(22,23)24/h3-9H,2H2,1H3. The highest BCUT2D eigenvalue weighted by Gasteiger charge is 2.34. The van der Waals surface area contributed by atoms with Gasteiger partial charge in [0.25, 0.3) is 0 Å². The van der Waals surface area contributed by atoms with Crippen molar-refractivity contribution in [3.8, 4) is 11.5 Å². The largest absolute Gasteiger partial charge is 0.573 e. The van der Waals surface area contributed by atoms with E-state index in [1.54, 1.807) is 6.92 Å². The van der Waals surface area contributed by atoms with Gasteiger partial charge in [0.15, 0.2) is 5.75 Å². The van der Waals surface area contributed by atoms with E-state index in [4.69, 9.17) is 16.4 Å². The minimum absolute atomic E-state index is 0.0195. The Morgan fingerprint density at radius 2 is 1.56 bits per heavy atom. The molecule has 0 atom stereocenters. The van der Waals surface area contributed by atoms with Crippen LogP contribution in [0, 0.1) is 0 Å². The molecule has 0 spiro atoms. The molecule has 2 rings (SSSR count). The highest BCUT2D eigenvalue weighted by Crippen LogP contribution is 2.34. The van der Waals surface area contributed by atoms with Crippen LogP contribution in [-0.2, 0) is 6.18 Å². The Labute approximate surface area is 155 Å². The van der Waals surface area contributed by atoms with Crippen molar-refractivity contribution in [2.75, 3.05) is 0 Å². The predicted molar refractivity (Wildman–Crippen MR) is 87.0 cm³/mol. The Hall–Kier alpha value is -2.42. The molecular formula is C17H12ClF6NO2. The minimum Gasteiger partial charge on any atom is -0.406 e. The normalized spacial score (nSPS) is 12.8. The van der Waals surface area contributed by atoms with Crippen molar-refractivity contribution in [1.82, 2.24) is 0 Å². The summed E-state index contributed by atoms with van der Waals surface area (Å²) in [4.78, 5) is 5.05. The molecule has 0 fully saturated rings. The molecule has 0 aliphatic carbocycles. The molecule has 0 saturated heterocycles. The summed E-state index contributed by atoms with van der Waals surface area (Å²) in [7, 11) is 0. The molecule has 0 aliphatic heterocycles. The lowest BCUT2D eigenvalue weighted by atomic mass is 10.0. The summed E-state index contributed by atoms with van der Waals surface area (Å²) in [5.74, 6) is -0.449. The summed E-state index contributed by atoms with van der Waals surface area (Å²) >= 11 is 5.79. The number of hydrogen-bond acceptors (Lipinski definition) is 3. The molecule has 27 heavy (non-hydrogen) atoms. The van der Waals surface area contributed by atoms with Crippen molar-refractivity contribution in [3.63, 3.8) is 0 Å². The zero-order valence-electron chi connectivity index (χ0n) is 13.7. The van der Waals surface area contributed by atoms with Crippen molar-refractivity contribution in [3.05, 3.63) is 58.6 Å². The highest BCUT2D eigenvalue weighted by atomic mass is 35.5. The molecule has 0 bridgehead atoms. The van der Waals surface area contributed by atoms with Gasteiger partial charge in [-0.15, -0.1) is 13.2 Å². The second kappa shape index (κ2) is 8.08. The maximum atomic E-state index is 13.2.